The summed E-state index contributed by atoms with van der Waals surface area (Å²) in [5, 5.41) is 16.1. The zero-order chi connectivity index (χ0) is 27.6. The predicted molar refractivity (Wildman–Crippen MR) is 146 cm³/mol. The largest absolute Gasteiger partial charge is 0.458 e. The van der Waals surface area contributed by atoms with E-state index in [1.165, 1.54) is 0 Å². The topological polar surface area (TPSA) is 136 Å². The minimum Gasteiger partial charge on any atom is -0.458 e. The molecule has 6 fully saturated rings. The smallest absolute Gasteiger partial charge is 0.327 e. The van der Waals surface area contributed by atoms with Crippen LogP contribution in [0.4, 0.5) is 0 Å². The maximum Gasteiger partial charge on any atom is 0.327 e. The number of esters is 1. The number of nitrogens with one attached hydrogen (secondary N) is 2. The number of carbonyl (C=O) groups is 3. The fourth-order valence-corrected chi connectivity index (χ4v) is 7.83. The Bertz CT molecular complexity index is 1200. The third-order valence-electron chi connectivity index (χ3n) is 9.21. The van der Waals surface area contributed by atoms with E-state index in [4.69, 9.17) is 24.2 Å². The quantitative estimate of drug-likeness (QED) is 0.247. The number of rotatable bonds is 10. The Kier molecular flexibility index (Phi) is 6.86. The fraction of sp³-hybridized carbons (Fsp3) is 0.679. The SMILES string of the molecule is O=C(CCNC(=O)[C@@]12C[C@H]3OC(=O)[C@@H]1N(Cc1cccc(I)c1)O[C@@H]2[C@H]1OC(C2CC2)(C2CC2)O[C@H]13)NCCO. The number of hydroxylamine groups is 2. The number of halogens is 1. The number of ether oxygens (including phenoxy) is 3. The molecule has 3 aliphatic carbocycles. The van der Waals surface area contributed by atoms with Crippen molar-refractivity contribution < 1.29 is 38.5 Å². The van der Waals surface area contributed by atoms with Gasteiger partial charge >= 0.3 is 5.97 Å². The number of hydrogen-bond acceptors (Lipinski definition) is 9. The Morgan fingerprint density at radius 2 is 1.82 bits per heavy atom. The van der Waals surface area contributed by atoms with E-state index in [9.17, 15) is 14.4 Å². The molecule has 1 aromatic carbocycles. The molecule has 12 heteroatoms. The average Bonchev–Trinajstić information content (AvgIpc) is 3.87. The predicted octanol–water partition coefficient (Wildman–Crippen LogP) is 1.01. The third kappa shape index (κ3) is 4.37. The minimum absolute atomic E-state index is 0.0518. The second-order valence-corrected chi connectivity index (χ2v) is 13.1. The monoisotopic (exact) mass is 667 g/mol. The summed E-state index contributed by atoms with van der Waals surface area (Å²) in [6.07, 6.45) is 2.05. The van der Waals surface area contributed by atoms with E-state index in [0.29, 0.717) is 18.4 Å². The van der Waals surface area contributed by atoms with Crippen LogP contribution in [0, 0.1) is 20.8 Å². The van der Waals surface area contributed by atoms with Gasteiger partial charge in [0.15, 0.2) is 11.8 Å². The number of benzene rings is 1. The molecule has 3 saturated heterocycles. The van der Waals surface area contributed by atoms with E-state index in [1.54, 1.807) is 5.06 Å². The van der Waals surface area contributed by atoms with Crippen molar-refractivity contribution in [2.45, 2.75) is 81.3 Å². The highest BCUT2D eigenvalue weighted by molar-refractivity contribution is 14.1. The molecule has 1 aromatic rings. The number of hydrogen-bond donors (Lipinski definition) is 3. The third-order valence-corrected chi connectivity index (χ3v) is 9.88. The summed E-state index contributed by atoms with van der Waals surface area (Å²) in [7, 11) is 0. The molecule has 2 bridgehead atoms. The number of aliphatic hydroxyl groups excluding tert-OH is 1. The summed E-state index contributed by atoms with van der Waals surface area (Å²) in [6.45, 7) is 0.383. The molecule has 3 aliphatic heterocycles. The molecular formula is C28H34IN3O8. The van der Waals surface area contributed by atoms with Crippen molar-refractivity contribution in [3.05, 3.63) is 33.4 Å². The Hall–Kier alpha value is -1.84. The van der Waals surface area contributed by atoms with Crippen LogP contribution in [0.15, 0.2) is 24.3 Å². The Labute approximate surface area is 245 Å². The molecule has 6 aliphatic rings. The molecule has 11 nitrogen and oxygen atoms in total. The summed E-state index contributed by atoms with van der Waals surface area (Å²) in [4.78, 5) is 46.5. The molecule has 40 heavy (non-hydrogen) atoms. The number of aliphatic hydroxyl groups is 1. The van der Waals surface area contributed by atoms with E-state index in [0.717, 1.165) is 34.8 Å². The van der Waals surface area contributed by atoms with Crippen LogP contribution in [0.25, 0.3) is 0 Å². The van der Waals surface area contributed by atoms with Crippen molar-refractivity contribution in [2.24, 2.45) is 17.3 Å². The van der Waals surface area contributed by atoms with Crippen LogP contribution in [-0.4, -0.2) is 83.9 Å². The van der Waals surface area contributed by atoms with Crippen molar-refractivity contribution in [2.75, 3.05) is 19.7 Å². The van der Waals surface area contributed by atoms with Gasteiger partial charge in [-0.3, -0.25) is 19.2 Å². The van der Waals surface area contributed by atoms with Gasteiger partial charge in [0.1, 0.15) is 29.8 Å². The first kappa shape index (κ1) is 27.0. The van der Waals surface area contributed by atoms with Gasteiger partial charge in [0.05, 0.1) is 13.2 Å². The van der Waals surface area contributed by atoms with Gasteiger partial charge in [0, 0.05) is 41.3 Å². The average molecular weight is 667 g/mol. The van der Waals surface area contributed by atoms with Gasteiger partial charge in [-0.2, -0.15) is 5.06 Å². The van der Waals surface area contributed by atoms with Crippen LogP contribution in [0.1, 0.15) is 44.1 Å². The maximum absolute atomic E-state index is 14.1. The molecular weight excluding hydrogens is 633 g/mol. The summed E-state index contributed by atoms with van der Waals surface area (Å²) >= 11 is 2.24. The van der Waals surface area contributed by atoms with Crippen LogP contribution in [0.5, 0.6) is 0 Å². The zero-order valence-electron chi connectivity index (χ0n) is 22.1. The van der Waals surface area contributed by atoms with Crippen LogP contribution in [0.3, 0.4) is 0 Å². The lowest BCUT2D eigenvalue weighted by Gasteiger charge is -2.48. The summed E-state index contributed by atoms with van der Waals surface area (Å²) < 4.78 is 20.6. The van der Waals surface area contributed by atoms with E-state index in [-0.39, 0.29) is 44.4 Å². The first-order valence-electron chi connectivity index (χ1n) is 14.3. The van der Waals surface area contributed by atoms with Crippen molar-refractivity contribution >= 4 is 40.4 Å². The standard InChI is InChI=1S/C28H34IN3O8/c29-18-3-1-2-15(12-18)14-32-23-25(35)37-19-13-27(23,26(36)31-9-8-20(34)30-10-11-33)24(40-32)22-21(19)38-28(39-22,16-4-5-16)17-6-7-17/h1-3,12,16-17,19,21-24,33H,4-11,13-14H2,(H,30,34)(H,31,36)/t19-,21+,22+,23+,24-,27+/m1/s1. The summed E-state index contributed by atoms with van der Waals surface area (Å²) in [5.74, 6) is -1.21. The van der Waals surface area contributed by atoms with Gasteiger partial charge in [0.2, 0.25) is 11.8 Å². The number of carbonyl (C=O) groups excluding carboxylic acids is 3. The zero-order valence-corrected chi connectivity index (χ0v) is 24.2. The first-order valence-corrected chi connectivity index (χ1v) is 15.3. The van der Waals surface area contributed by atoms with E-state index < -0.39 is 47.6 Å². The summed E-state index contributed by atoms with van der Waals surface area (Å²) in [5.41, 5.74) is -0.306. The Morgan fingerprint density at radius 1 is 1.07 bits per heavy atom. The molecule has 7 rings (SSSR count). The maximum atomic E-state index is 14.1. The van der Waals surface area contributed by atoms with Gasteiger partial charge in [-0.05, 0) is 66.0 Å². The van der Waals surface area contributed by atoms with Crippen LogP contribution in [-0.2, 0) is 40.0 Å². The van der Waals surface area contributed by atoms with Gasteiger partial charge < -0.3 is 30.0 Å². The molecule has 216 valence electrons. The highest BCUT2D eigenvalue weighted by atomic mass is 127. The molecule has 3 N–H and O–H groups in total. The van der Waals surface area contributed by atoms with Crippen molar-refractivity contribution in [3.8, 4) is 0 Å². The highest BCUT2D eigenvalue weighted by Gasteiger charge is 2.78. The second kappa shape index (κ2) is 10.2. The van der Waals surface area contributed by atoms with Crippen molar-refractivity contribution in [3.63, 3.8) is 0 Å². The lowest BCUT2D eigenvalue weighted by molar-refractivity contribution is -0.235. The molecule has 2 amide bonds. The van der Waals surface area contributed by atoms with Crippen molar-refractivity contribution in [1.29, 1.82) is 0 Å². The normalized spacial score (nSPS) is 35.6. The molecule has 0 spiro atoms. The lowest BCUT2D eigenvalue weighted by atomic mass is 9.62. The molecule has 0 aromatic heterocycles. The van der Waals surface area contributed by atoms with Crippen LogP contribution in [0.2, 0.25) is 0 Å². The van der Waals surface area contributed by atoms with E-state index in [2.05, 4.69) is 33.2 Å². The second-order valence-electron chi connectivity index (χ2n) is 11.9. The molecule has 6 atom stereocenters. The van der Waals surface area contributed by atoms with Gasteiger partial charge in [-0.1, -0.05) is 12.1 Å². The minimum atomic E-state index is -1.25. The lowest BCUT2D eigenvalue weighted by Crippen LogP contribution is -2.69. The Morgan fingerprint density at radius 3 is 2.52 bits per heavy atom. The Balaban J connectivity index is 1.20. The van der Waals surface area contributed by atoms with Gasteiger partial charge in [-0.15, -0.1) is 0 Å². The number of nitrogens with zero attached hydrogens (tertiary/aromatic N) is 1. The molecule has 3 heterocycles. The molecule has 0 radical (unpaired) electrons. The molecule has 0 unspecified atom stereocenters. The van der Waals surface area contributed by atoms with E-state index in [1.807, 2.05) is 24.3 Å². The van der Waals surface area contributed by atoms with E-state index >= 15 is 0 Å². The van der Waals surface area contributed by atoms with Crippen molar-refractivity contribution in [1.82, 2.24) is 15.7 Å². The highest BCUT2D eigenvalue weighted by Crippen LogP contribution is 2.63. The number of amides is 2. The van der Waals surface area contributed by atoms with Crippen LogP contribution < -0.4 is 10.6 Å². The van der Waals surface area contributed by atoms with Gasteiger partial charge in [0.25, 0.3) is 0 Å². The number of fused-ring (bicyclic) bond motifs is 4. The van der Waals surface area contributed by atoms with Gasteiger partial charge in [-0.25, -0.2) is 0 Å². The van der Waals surface area contributed by atoms with Crippen LogP contribution >= 0.6 is 22.6 Å². The fourth-order valence-electron chi connectivity index (χ4n) is 7.22. The first-order chi connectivity index (χ1) is 19.4. The molecule has 3 saturated carbocycles. The summed E-state index contributed by atoms with van der Waals surface area (Å²) in [6, 6.07) is 6.96.